The third-order valence-electron chi connectivity index (χ3n) is 3.86. The highest BCUT2D eigenvalue weighted by Gasteiger charge is 2.18. The molecule has 3 aromatic rings. The Bertz CT molecular complexity index is 1120. The van der Waals surface area contributed by atoms with Crippen molar-refractivity contribution in [2.24, 2.45) is 0 Å². The lowest BCUT2D eigenvalue weighted by Crippen LogP contribution is -2.20. The van der Waals surface area contributed by atoms with Crippen LogP contribution in [0, 0.1) is 5.82 Å². The fourth-order valence-electron chi connectivity index (χ4n) is 2.64. The van der Waals surface area contributed by atoms with Crippen molar-refractivity contribution < 1.29 is 12.8 Å². The van der Waals surface area contributed by atoms with Gasteiger partial charge in [-0.3, -0.25) is 9.52 Å². The molecule has 2 N–H and O–H groups in total. The summed E-state index contributed by atoms with van der Waals surface area (Å²) in [6, 6.07) is 14.7. The number of anilines is 1. The monoisotopic (exact) mass is 450 g/mol. The van der Waals surface area contributed by atoms with Crippen LogP contribution in [0.1, 0.15) is 16.7 Å². The third-order valence-corrected chi connectivity index (χ3v) is 5.84. The van der Waals surface area contributed by atoms with E-state index in [4.69, 9.17) is 0 Å². The fourth-order valence-corrected chi connectivity index (χ4v) is 4.49. The second-order valence-corrected chi connectivity index (χ2v) is 8.50. The van der Waals surface area contributed by atoms with Crippen LogP contribution in [-0.2, 0) is 22.2 Å². The number of nitrogens with one attached hydrogen (secondary N) is 2. The number of sulfonamides is 1. The molecule has 0 radical (unpaired) electrons. The van der Waals surface area contributed by atoms with Gasteiger partial charge in [-0.15, -0.1) is 0 Å². The smallest absolute Gasteiger partial charge is 0.264 e. The molecule has 0 spiro atoms. The van der Waals surface area contributed by atoms with E-state index in [-0.39, 0.29) is 28.2 Å². The lowest BCUT2D eigenvalue weighted by Gasteiger charge is -2.14. The van der Waals surface area contributed by atoms with Crippen LogP contribution >= 0.6 is 15.9 Å². The van der Waals surface area contributed by atoms with Crippen LogP contribution in [-0.4, -0.2) is 13.4 Å². The minimum Gasteiger partial charge on any atom is -0.328 e. The number of aromatic amines is 1. The molecule has 0 aliphatic carbocycles. The van der Waals surface area contributed by atoms with E-state index >= 15 is 0 Å². The maximum Gasteiger partial charge on any atom is 0.264 e. The van der Waals surface area contributed by atoms with Gasteiger partial charge in [-0.05, 0) is 44.8 Å². The first-order valence-corrected chi connectivity index (χ1v) is 10.5. The van der Waals surface area contributed by atoms with Crippen LogP contribution < -0.4 is 10.3 Å². The molecule has 140 valence electrons. The summed E-state index contributed by atoms with van der Waals surface area (Å²) in [6.07, 6.45) is 1.68. The van der Waals surface area contributed by atoms with Crippen LogP contribution in [0.25, 0.3) is 0 Å². The Balaban J connectivity index is 1.94. The van der Waals surface area contributed by atoms with E-state index in [1.165, 1.54) is 18.3 Å². The highest BCUT2D eigenvalue weighted by atomic mass is 79.9. The van der Waals surface area contributed by atoms with Gasteiger partial charge in [-0.25, -0.2) is 12.8 Å². The molecule has 0 atom stereocenters. The standard InChI is InChI=1S/C19H16BrFN2O3S/c20-17-18(23-27(25,26)12-13-5-2-1-3-6-13)15(11-22-19(17)24)9-14-7-4-8-16(21)10-14/h1-8,10-11H,9,12H2,(H2,22,23,24). The first kappa shape index (κ1) is 19.3. The Morgan fingerprint density at radius 1 is 1.04 bits per heavy atom. The van der Waals surface area contributed by atoms with Crippen LogP contribution in [0.2, 0.25) is 0 Å². The quantitative estimate of drug-likeness (QED) is 0.599. The van der Waals surface area contributed by atoms with Crippen molar-refractivity contribution in [3.05, 3.63) is 98.1 Å². The number of hydrogen-bond acceptors (Lipinski definition) is 3. The van der Waals surface area contributed by atoms with Gasteiger partial charge in [-0.2, -0.15) is 0 Å². The van der Waals surface area contributed by atoms with E-state index in [2.05, 4.69) is 25.6 Å². The fraction of sp³-hybridized carbons (Fsp3) is 0.105. The molecule has 27 heavy (non-hydrogen) atoms. The van der Waals surface area contributed by atoms with E-state index in [9.17, 15) is 17.6 Å². The zero-order chi connectivity index (χ0) is 19.4. The Morgan fingerprint density at radius 2 is 1.74 bits per heavy atom. The number of hydrogen-bond donors (Lipinski definition) is 2. The largest absolute Gasteiger partial charge is 0.328 e. The first-order valence-electron chi connectivity index (χ1n) is 8.03. The van der Waals surface area contributed by atoms with Crippen molar-refractivity contribution in [2.75, 3.05) is 4.72 Å². The molecule has 5 nitrogen and oxygen atoms in total. The van der Waals surface area contributed by atoms with Gasteiger partial charge in [0.25, 0.3) is 5.56 Å². The lowest BCUT2D eigenvalue weighted by atomic mass is 10.1. The first-order chi connectivity index (χ1) is 12.8. The molecule has 0 amide bonds. The maximum absolute atomic E-state index is 13.4. The summed E-state index contributed by atoms with van der Waals surface area (Å²) >= 11 is 3.15. The van der Waals surface area contributed by atoms with E-state index in [0.29, 0.717) is 16.7 Å². The van der Waals surface area contributed by atoms with Gasteiger partial charge in [0, 0.05) is 12.6 Å². The molecule has 0 aliphatic rings. The van der Waals surface area contributed by atoms with Gasteiger partial charge in [0.1, 0.15) is 10.3 Å². The summed E-state index contributed by atoms with van der Waals surface area (Å²) in [5.41, 5.74) is 1.48. The number of aromatic nitrogens is 1. The molecule has 0 saturated carbocycles. The minimum absolute atomic E-state index is 0.0769. The summed E-state index contributed by atoms with van der Waals surface area (Å²) in [5.74, 6) is -0.617. The van der Waals surface area contributed by atoms with Crippen molar-refractivity contribution >= 4 is 31.6 Å². The number of rotatable bonds is 6. The highest BCUT2D eigenvalue weighted by molar-refractivity contribution is 9.10. The third kappa shape index (κ3) is 5.05. The van der Waals surface area contributed by atoms with Gasteiger partial charge in [0.15, 0.2) is 0 Å². The summed E-state index contributed by atoms with van der Waals surface area (Å²) < 4.78 is 41.2. The summed E-state index contributed by atoms with van der Waals surface area (Å²) in [6.45, 7) is 0. The highest BCUT2D eigenvalue weighted by Crippen LogP contribution is 2.26. The van der Waals surface area contributed by atoms with Gasteiger partial charge in [0.2, 0.25) is 10.0 Å². The molecule has 1 aromatic heterocycles. The molecule has 0 unspecified atom stereocenters. The Morgan fingerprint density at radius 3 is 2.44 bits per heavy atom. The average Bonchev–Trinajstić information content (AvgIpc) is 2.62. The van der Waals surface area contributed by atoms with E-state index < -0.39 is 15.6 Å². The van der Waals surface area contributed by atoms with Crippen LogP contribution in [0.4, 0.5) is 10.1 Å². The normalized spacial score (nSPS) is 11.3. The number of halogens is 2. The second kappa shape index (κ2) is 8.06. The molecular weight excluding hydrogens is 435 g/mol. The molecule has 3 rings (SSSR count). The van der Waals surface area contributed by atoms with Crippen molar-refractivity contribution in [3.8, 4) is 0 Å². The van der Waals surface area contributed by atoms with Gasteiger partial charge in [-0.1, -0.05) is 42.5 Å². The average molecular weight is 451 g/mol. The SMILES string of the molecule is O=c1[nH]cc(Cc2cccc(F)c2)c(NS(=O)(=O)Cc2ccccc2)c1Br. The van der Waals surface area contributed by atoms with Crippen molar-refractivity contribution in [1.29, 1.82) is 0 Å². The van der Waals surface area contributed by atoms with E-state index in [1.807, 2.05) is 0 Å². The number of H-pyrrole nitrogens is 1. The summed E-state index contributed by atoms with van der Waals surface area (Å²) in [7, 11) is -3.76. The molecule has 1 heterocycles. The van der Waals surface area contributed by atoms with Crippen molar-refractivity contribution in [3.63, 3.8) is 0 Å². The van der Waals surface area contributed by atoms with Crippen LogP contribution in [0.5, 0.6) is 0 Å². The van der Waals surface area contributed by atoms with Crippen molar-refractivity contribution in [2.45, 2.75) is 12.2 Å². The summed E-state index contributed by atoms with van der Waals surface area (Å²) in [4.78, 5) is 14.5. The second-order valence-electron chi connectivity index (χ2n) is 5.99. The van der Waals surface area contributed by atoms with Gasteiger partial charge < -0.3 is 4.98 Å². The molecule has 0 aliphatic heterocycles. The summed E-state index contributed by atoms with van der Waals surface area (Å²) in [5, 5.41) is 0. The Kier molecular flexibility index (Phi) is 5.76. The van der Waals surface area contributed by atoms with Gasteiger partial charge >= 0.3 is 0 Å². The van der Waals surface area contributed by atoms with Crippen LogP contribution in [0.3, 0.4) is 0 Å². The predicted molar refractivity (Wildman–Crippen MR) is 107 cm³/mol. The van der Waals surface area contributed by atoms with Gasteiger partial charge in [0.05, 0.1) is 11.4 Å². The number of pyridine rings is 1. The zero-order valence-electron chi connectivity index (χ0n) is 14.1. The zero-order valence-corrected chi connectivity index (χ0v) is 16.5. The maximum atomic E-state index is 13.4. The minimum atomic E-state index is -3.76. The Hall–Kier alpha value is -2.45. The molecule has 0 saturated heterocycles. The molecule has 8 heteroatoms. The van der Waals surface area contributed by atoms with E-state index in [1.54, 1.807) is 42.5 Å². The topological polar surface area (TPSA) is 79.0 Å². The van der Waals surface area contributed by atoms with Crippen LogP contribution in [0.15, 0.2) is 70.1 Å². The molecule has 0 fully saturated rings. The number of benzene rings is 2. The lowest BCUT2D eigenvalue weighted by molar-refractivity contribution is 0.600. The van der Waals surface area contributed by atoms with Crippen molar-refractivity contribution in [1.82, 2.24) is 4.98 Å². The Labute approximate surface area is 164 Å². The predicted octanol–water partition coefficient (Wildman–Crippen LogP) is 3.81. The molecule has 2 aromatic carbocycles. The van der Waals surface area contributed by atoms with E-state index in [0.717, 1.165) is 0 Å². The molecular formula is C19H16BrFN2O3S. The molecule has 0 bridgehead atoms.